The molecule has 0 aliphatic carbocycles. The lowest BCUT2D eigenvalue weighted by Gasteiger charge is -2.17. The Labute approximate surface area is 441 Å². The highest BCUT2D eigenvalue weighted by Crippen LogP contribution is 2.32. The van der Waals surface area contributed by atoms with E-state index >= 15 is 0 Å². The Morgan fingerprint density at radius 3 is 1.41 bits per heavy atom. The van der Waals surface area contributed by atoms with Crippen LogP contribution in [-0.4, -0.2) is 114 Å². The van der Waals surface area contributed by atoms with Crippen molar-refractivity contribution in [2.45, 2.75) is 41.1 Å². The van der Waals surface area contributed by atoms with E-state index in [1.54, 1.807) is 69.3 Å². The van der Waals surface area contributed by atoms with Gasteiger partial charge < -0.3 is 36.0 Å². The summed E-state index contributed by atoms with van der Waals surface area (Å²) in [6.45, 7) is 5.35. The number of sulfone groups is 2. The van der Waals surface area contributed by atoms with Crippen LogP contribution in [0.4, 0.5) is 26.2 Å². The molecular weight excluding hydrogens is 1090 g/mol. The van der Waals surface area contributed by atoms with Gasteiger partial charge in [-0.3, -0.25) is 0 Å². The number of anilines is 3. The van der Waals surface area contributed by atoms with E-state index in [0.29, 0.717) is 33.7 Å². The molecule has 1 atom stereocenters. The SMILES string of the molecule is CC(C)S(=O)(=O)c1ccc(-c2cnc(N)c(-c3nnc(-c4ccccc4F)o3)n2)cc1.CC(CN(C)C)S(=O)(=O)c1ccc(-c2cnc(N)c(-c3nnc(-c4ccccc4F)o3)n2)cc1.Nc1ncc(Br)nc1C(=O)O. The molecule has 9 aromatic rings. The van der Waals surface area contributed by atoms with Crippen LogP contribution in [0.5, 0.6) is 0 Å². The van der Waals surface area contributed by atoms with Gasteiger partial charge >= 0.3 is 5.97 Å². The van der Waals surface area contributed by atoms with Gasteiger partial charge in [0.05, 0.1) is 61.4 Å². The zero-order chi connectivity index (χ0) is 55.1. The molecule has 0 radical (unpaired) electrons. The molecule has 392 valence electrons. The Hall–Kier alpha value is -8.53. The van der Waals surface area contributed by atoms with Crippen molar-refractivity contribution in [3.8, 4) is 68.6 Å². The number of halogens is 3. The molecule has 0 saturated carbocycles. The number of aromatic nitrogens is 10. The predicted molar refractivity (Wildman–Crippen MR) is 280 cm³/mol. The maximum absolute atomic E-state index is 14.1. The maximum Gasteiger partial charge on any atom is 0.358 e. The smallest absolute Gasteiger partial charge is 0.358 e. The number of hydrogen-bond acceptors (Lipinski definition) is 21. The van der Waals surface area contributed by atoms with Crippen LogP contribution in [0.1, 0.15) is 31.3 Å². The lowest BCUT2D eigenvalue weighted by molar-refractivity contribution is 0.0691. The molecule has 1 unspecified atom stereocenters. The number of benzene rings is 4. The zero-order valence-electron chi connectivity index (χ0n) is 40.7. The fourth-order valence-electron chi connectivity index (χ4n) is 6.80. The maximum atomic E-state index is 14.1. The topological polar surface area (TPSA) is 342 Å². The molecule has 22 nitrogen and oxygen atoms in total. The Morgan fingerprint density at radius 1 is 0.605 bits per heavy atom. The standard InChI is InChI=1S/C23H23FN6O3S.C21H18FN5O3S.C5H4BrN3O2/c1-14(13-30(2)3)34(31,32)16-10-8-15(9-11-16)19-12-26-21(25)20(27-19)23-29-28-22(33-23)17-6-4-5-7-18(17)24;1-12(2)31(28,29)14-9-7-13(8-10-14)17-11-24-19(23)18(25-17)21-27-26-20(30-21)15-5-3-4-6-16(15)22;6-2-1-8-4(7)3(9-2)5(10)11/h4-12,14H,13H2,1-3H3,(H2,25,26);3-12H,1-2H3,(H2,23,24);1H,(H2,7,8)(H,10,11). The molecule has 5 heterocycles. The van der Waals surface area contributed by atoms with Gasteiger partial charge in [-0.2, -0.15) is 0 Å². The van der Waals surface area contributed by atoms with Gasteiger partial charge in [0.15, 0.2) is 54.2 Å². The van der Waals surface area contributed by atoms with Gasteiger partial charge in [-0.05, 0) is 99.3 Å². The minimum atomic E-state index is -3.48. The third-order valence-corrected chi connectivity index (χ3v) is 15.5. The van der Waals surface area contributed by atoms with Crippen molar-refractivity contribution >= 4 is 59.0 Å². The highest BCUT2D eigenvalue weighted by molar-refractivity contribution is 9.10. The second kappa shape index (κ2) is 23.3. The fraction of sp³-hybridized carbons (Fsp3) is 0.163. The molecule has 0 bridgehead atoms. The molecule has 0 amide bonds. The number of rotatable bonds is 13. The molecule has 76 heavy (non-hydrogen) atoms. The van der Waals surface area contributed by atoms with Crippen molar-refractivity contribution in [1.29, 1.82) is 0 Å². The summed E-state index contributed by atoms with van der Waals surface area (Å²) in [5.74, 6) is -2.19. The second-order valence-corrected chi connectivity index (χ2v) is 22.4. The number of aromatic carboxylic acids is 1. The predicted octanol–water partition coefficient (Wildman–Crippen LogP) is 7.59. The first-order chi connectivity index (χ1) is 36.0. The summed E-state index contributed by atoms with van der Waals surface area (Å²) in [7, 11) is -3.20. The highest BCUT2D eigenvalue weighted by atomic mass is 79.9. The highest BCUT2D eigenvalue weighted by Gasteiger charge is 2.25. The van der Waals surface area contributed by atoms with Crippen LogP contribution < -0.4 is 17.2 Å². The first kappa shape index (κ1) is 55.2. The van der Waals surface area contributed by atoms with Gasteiger partial charge in [-0.1, -0.05) is 48.5 Å². The Bertz CT molecular complexity index is 3780. The average molecular weight is 1140 g/mol. The Kier molecular flexibility index (Phi) is 17.0. The minimum Gasteiger partial charge on any atom is -0.476 e. The van der Waals surface area contributed by atoms with E-state index in [9.17, 15) is 30.4 Å². The molecule has 0 aliphatic heterocycles. The number of nitrogens with zero attached hydrogens (tertiary/aromatic N) is 11. The minimum absolute atomic E-state index is 0.0101. The molecule has 0 fully saturated rings. The number of carbonyl (C=O) groups is 1. The summed E-state index contributed by atoms with van der Waals surface area (Å²) in [6, 6.07) is 24.7. The van der Waals surface area contributed by atoms with Crippen LogP contribution in [0.25, 0.3) is 68.6 Å². The van der Waals surface area contributed by atoms with Gasteiger partial charge in [0.2, 0.25) is 0 Å². The summed E-state index contributed by atoms with van der Waals surface area (Å²) in [4.78, 5) is 37.0. The van der Waals surface area contributed by atoms with Crippen molar-refractivity contribution in [2.24, 2.45) is 0 Å². The van der Waals surface area contributed by atoms with Gasteiger partial charge in [0.1, 0.15) is 16.2 Å². The van der Waals surface area contributed by atoms with E-state index < -0.39 is 47.8 Å². The summed E-state index contributed by atoms with van der Waals surface area (Å²) < 4.78 is 89.8. The van der Waals surface area contributed by atoms with Crippen molar-refractivity contribution < 1.29 is 44.4 Å². The van der Waals surface area contributed by atoms with Gasteiger partial charge in [-0.25, -0.2) is 60.3 Å². The molecule has 5 aromatic heterocycles. The first-order valence-corrected chi connectivity index (χ1v) is 26.2. The molecule has 0 saturated heterocycles. The summed E-state index contributed by atoms with van der Waals surface area (Å²) in [5.41, 5.74) is 19.6. The van der Waals surface area contributed by atoms with E-state index in [1.165, 1.54) is 67.1 Å². The molecular formula is C49H45BrF2N14O8S2. The summed E-state index contributed by atoms with van der Waals surface area (Å²) in [6.07, 6.45) is 4.26. The van der Waals surface area contributed by atoms with Crippen LogP contribution in [0.2, 0.25) is 0 Å². The van der Waals surface area contributed by atoms with Crippen molar-refractivity contribution in [1.82, 2.24) is 55.2 Å². The number of nitrogen functional groups attached to an aromatic ring is 3. The molecule has 7 N–H and O–H groups in total. The Balaban J connectivity index is 0.000000185. The van der Waals surface area contributed by atoms with Crippen molar-refractivity contribution in [3.63, 3.8) is 0 Å². The average Bonchev–Trinajstić information content (AvgIpc) is 4.10. The van der Waals surface area contributed by atoms with E-state index in [-0.39, 0.29) is 79.0 Å². The van der Waals surface area contributed by atoms with Crippen LogP contribution in [0.15, 0.2) is 139 Å². The third kappa shape index (κ3) is 12.7. The van der Waals surface area contributed by atoms with Crippen LogP contribution >= 0.6 is 15.9 Å². The summed E-state index contributed by atoms with van der Waals surface area (Å²) >= 11 is 2.97. The van der Waals surface area contributed by atoms with E-state index in [2.05, 4.69) is 66.2 Å². The van der Waals surface area contributed by atoms with Gasteiger partial charge in [0.25, 0.3) is 23.6 Å². The van der Waals surface area contributed by atoms with E-state index in [4.69, 9.17) is 31.1 Å². The number of nitrogens with two attached hydrogens (primary N) is 3. The lowest BCUT2D eigenvalue weighted by atomic mass is 10.1. The van der Waals surface area contributed by atoms with Crippen LogP contribution in [-0.2, 0) is 19.7 Å². The quantitative estimate of drug-likeness (QED) is 0.0863. The zero-order valence-corrected chi connectivity index (χ0v) is 44.0. The van der Waals surface area contributed by atoms with Crippen LogP contribution in [0.3, 0.4) is 0 Å². The van der Waals surface area contributed by atoms with Gasteiger partial charge in [0, 0.05) is 17.7 Å². The lowest BCUT2D eigenvalue weighted by Crippen LogP contribution is -2.30. The van der Waals surface area contributed by atoms with E-state index in [0.717, 1.165) is 0 Å². The first-order valence-electron chi connectivity index (χ1n) is 22.3. The Morgan fingerprint density at radius 2 is 1.01 bits per heavy atom. The molecule has 0 aliphatic rings. The van der Waals surface area contributed by atoms with E-state index in [1.807, 2.05) is 19.0 Å². The van der Waals surface area contributed by atoms with Crippen molar-refractivity contribution in [2.75, 3.05) is 37.8 Å². The van der Waals surface area contributed by atoms with Crippen LogP contribution in [0, 0.1) is 11.6 Å². The number of hydrogen-bond donors (Lipinski definition) is 4. The molecule has 27 heteroatoms. The fourth-order valence-corrected chi connectivity index (χ4v) is 9.61. The number of carboxylic acids is 1. The third-order valence-electron chi connectivity index (χ3n) is 10.8. The molecule has 0 spiro atoms. The largest absolute Gasteiger partial charge is 0.476 e. The molecule has 9 rings (SSSR count). The van der Waals surface area contributed by atoms with Gasteiger partial charge in [-0.15, -0.1) is 20.4 Å². The van der Waals surface area contributed by atoms with Crippen molar-refractivity contribution in [3.05, 3.63) is 138 Å². The summed E-state index contributed by atoms with van der Waals surface area (Å²) in [5, 5.41) is 23.0. The monoisotopic (exact) mass is 1140 g/mol. The molecule has 4 aromatic carbocycles. The normalized spacial score (nSPS) is 11.9. The second-order valence-electron chi connectivity index (χ2n) is 16.8. The number of carboxylic acid groups (broad SMARTS) is 1.